The van der Waals surface area contributed by atoms with Crippen molar-refractivity contribution < 1.29 is 4.74 Å². The molecule has 0 heterocycles. The summed E-state index contributed by atoms with van der Waals surface area (Å²) in [4.78, 5) is 0. The van der Waals surface area contributed by atoms with Crippen LogP contribution in [0.25, 0.3) is 0 Å². The quantitative estimate of drug-likeness (QED) is 0.353. The van der Waals surface area contributed by atoms with Crippen LogP contribution < -0.4 is 5.32 Å². The number of nitrogens with zero attached hydrogens (tertiary/aromatic N) is 1. The summed E-state index contributed by atoms with van der Waals surface area (Å²) in [5, 5.41) is 10.4. The zero-order chi connectivity index (χ0) is 7.11. The molecule has 0 spiro atoms. The van der Waals surface area contributed by atoms with Gasteiger partial charge in [0.05, 0.1) is 6.61 Å². The normalized spacial score (nSPS) is 7.56. The van der Waals surface area contributed by atoms with Crippen LogP contribution >= 0.6 is 12.2 Å². The van der Waals surface area contributed by atoms with E-state index < -0.39 is 0 Å². The third-order valence-corrected chi connectivity index (χ3v) is 0.815. The maximum absolute atomic E-state index is 8.01. The minimum absolute atomic E-state index is 0.152. The van der Waals surface area contributed by atoms with Crippen molar-refractivity contribution in [1.29, 1.82) is 5.26 Å². The van der Waals surface area contributed by atoms with Gasteiger partial charge in [0.25, 0.3) is 5.17 Å². The number of ether oxygens (including phenoxy) is 1. The number of rotatable bonds is 2. The second-order valence-corrected chi connectivity index (χ2v) is 1.74. The Morgan fingerprint density at radius 2 is 2.56 bits per heavy atom. The third-order valence-electron chi connectivity index (χ3n) is 0.595. The van der Waals surface area contributed by atoms with E-state index in [4.69, 9.17) is 10.00 Å². The molecule has 0 atom stereocenters. The molecule has 0 aliphatic rings. The summed E-state index contributed by atoms with van der Waals surface area (Å²) in [6.45, 7) is 2.53. The van der Waals surface area contributed by atoms with Gasteiger partial charge in [-0.1, -0.05) is 6.92 Å². The van der Waals surface area contributed by atoms with E-state index in [1.165, 1.54) is 0 Å². The van der Waals surface area contributed by atoms with Crippen LogP contribution in [0, 0.1) is 11.5 Å². The zero-order valence-corrected chi connectivity index (χ0v) is 5.99. The van der Waals surface area contributed by atoms with E-state index >= 15 is 0 Å². The summed E-state index contributed by atoms with van der Waals surface area (Å²) in [6.07, 6.45) is 2.56. The first kappa shape index (κ1) is 8.18. The fourth-order valence-electron chi connectivity index (χ4n) is 0.276. The molecule has 0 aromatic carbocycles. The van der Waals surface area contributed by atoms with Crippen LogP contribution in [0.4, 0.5) is 0 Å². The van der Waals surface area contributed by atoms with Crippen LogP contribution in [0.5, 0.6) is 0 Å². The van der Waals surface area contributed by atoms with Gasteiger partial charge in [-0.15, -0.1) is 0 Å². The molecule has 0 aliphatic carbocycles. The molecular weight excluding hydrogens is 136 g/mol. The summed E-state index contributed by atoms with van der Waals surface area (Å²) in [6, 6.07) is 0. The summed E-state index contributed by atoms with van der Waals surface area (Å²) in [7, 11) is 0. The van der Waals surface area contributed by atoms with Crippen LogP contribution in [0.1, 0.15) is 13.3 Å². The Kier molecular flexibility index (Phi) is 4.83. The molecule has 4 heteroatoms. The van der Waals surface area contributed by atoms with Gasteiger partial charge in [-0.05, 0) is 18.6 Å². The fraction of sp³-hybridized carbons (Fsp3) is 0.600. The Morgan fingerprint density at radius 3 is 3.00 bits per heavy atom. The first-order chi connectivity index (χ1) is 4.31. The van der Waals surface area contributed by atoms with Gasteiger partial charge in [-0.25, -0.2) is 0 Å². The highest BCUT2D eigenvalue weighted by molar-refractivity contribution is 7.80. The summed E-state index contributed by atoms with van der Waals surface area (Å²) >= 11 is 4.56. The molecule has 0 rings (SSSR count). The minimum Gasteiger partial charge on any atom is -0.470 e. The smallest absolute Gasteiger partial charge is 0.270 e. The highest BCUT2D eigenvalue weighted by Gasteiger charge is 1.90. The Balaban J connectivity index is 3.19. The largest absolute Gasteiger partial charge is 0.470 e. The van der Waals surface area contributed by atoms with Gasteiger partial charge in [-0.2, -0.15) is 5.26 Å². The van der Waals surface area contributed by atoms with Crippen molar-refractivity contribution in [2.24, 2.45) is 0 Å². The molecule has 3 nitrogen and oxygen atoms in total. The lowest BCUT2D eigenvalue weighted by Crippen LogP contribution is -2.18. The highest BCUT2D eigenvalue weighted by atomic mass is 32.1. The van der Waals surface area contributed by atoms with E-state index in [9.17, 15) is 0 Å². The van der Waals surface area contributed by atoms with Crippen molar-refractivity contribution in [2.75, 3.05) is 6.61 Å². The van der Waals surface area contributed by atoms with Gasteiger partial charge in [0.1, 0.15) is 0 Å². The van der Waals surface area contributed by atoms with E-state index in [-0.39, 0.29) is 5.17 Å². The lowest BCUT2D eigenvalue weighted by molar-refractivity contribution is 0.303. The molecule has 0 unspecified atom stereocenters. The molecule has 9 heavy (non-hydrogen) atoms. The fourth-order valence-corrected chi connectivity index (χ4v) is 0.405. The lowest BCUT2D eigenvalue weighted by atomic mass is 10.5. The molecular formula is C5H8N2OS. The molecule has 0 aliphatic heterocycles. The number of hydrogen-bond donors (Lipinski definition) is 1. The first-order valence-electron chi connectivity index (χ1n) is 2.63. The van der Waals surface area contributed by atoms with E-state index in [0.29, 0.717) is 6.61 Å². The molecule has 0 aromatic rings. The van der Waals surface area contributed by atoms with Crippen molar-refractivity contribution in [1.82, 2.24) is 5.32 Å². The summed E-state index contributed by atoms with van der Waals surface area (Å²) < 4.78 is 4.83. The lowest BCUT2D eigenvalue weighted by Gasteiger charge is -2.00. The van der Waals surface area contributed by atoms with Crippen molar-refractivity contribution in [2.45, 2.75) is 13.3 Å². The van der Waals surface area contributed by atoms with Crippen molar-refractivity contribution in [3.63, 3.8) is 0 Å². The number of nitrogens with one attached hydrogen (secondary N) is 1. The predicted octanol–water partition coefficient (Wildman–Crippen LogP) is 0.769. The van der Waals surface area contributed by atoms with Crippen molar-refractivity contribution in [3.05, 3.63) is 0 Å². The molecule has 0 amide bonds. The molecule has 0 bridgehead atoms. The molecule has 0 radical (unpaired) electrons. The molecule has 0 saturated heterocycles. The summed E-state index contributed by atoms with van der Waals surface area (Å²) in [5.74, 6) is 0. The SMILES string of the molecule is CCCOC(=S)NC#N. The Bertz CT molecular complexity index is 129. The average Bonchev–Trinajstić information content (AvgIpc) is 1.85. The summed E-state index contributed by atoms with van der Waals surface area (Å²) in [5.41, 5.74) is 0. The van der Waals surface area contributed by atoms with Crippen LogP contribution in [0.3, 0.4) is 0 Å². The molecule has 1 N–H and O–H groups in total. The van der Waals surface area contributed by atoms with Gasteiger partial charge >= 0.3 is 0 Å². The van der Waals surface area contributed by atoms with Crippen LogP contribution in [-0.4, -0.2) is 11.8 Å². The number of hydrogen-bond acceptors (Lipinski definition) is 3. The topological polar surface area (TPSA) is 45.0 Å². The maximum atomic E-state index is 8.01. The van der Waals surface area contributed by atoms with Gasteiger partial charge in [0, 0.05) is 0 Å². The highest BCUT2D eigenvalue weighted by Crippen LogP contribution is 1.80. The molecule has 0 aromatic heterocycles. The van der Waals surface area contributed by atoms with Crippen molar-refractivity contribution >= 4 is 17.4 Å². The Labute approximate surface area is 59.6 Å². The van der Waals surface area contributed by atoms with E-state index in [1.54, 1.807) is 6.19 Å². The third kappa shape index (κ3) is 5.04. The van der Waals surface area contributed by atoms with Gasteiger partial charge in [-0.3, -0.25) is 5.32 Å². The van der Waals surface area contributed by atoms with E-state index in [2.05, 4.69) is 17.5 Å². The van der Waals surface area contributed by atoms with Crippen LogP contribution in [0.15, 0.2) is 0 Å². The maximum Gasteiger partial charge on any atom is 0.270 e. The van der Waals surface area contributed by atoms with Crippen LogP contribution in [-0.2, 0) is 4.74 Å². The average molecular weight is 144 g/mol. The molecule has 0 fully saturated rings. The van der Waals surface area contributed by atoms with E-state index in [0.717, 1.165) is 6.42 Å². The first-order valence-corrected chi connectivity index (χ1v) is 3.04. The number of nitriles is 1. The zero-order valence-electron chi connectivity index (χ0n) is 5.18. The van der Waals surface area contributed by atoms with Gasteiger partial charge < -0.3 is 4.74 Å². The predicted molar refractivity (Wildman–Crippen MR) is 37.6 cm³/mol. The Hall–Kier alpha value is -0.820. The molecule has 50 valence electrons. The second kappa shape index (κ2) is 5.32. The van der Waals surface area contributed by atoms with Crippen LogP contribution in [0.2, 0.25) is 0 Å². The monoisotopic (exact) mass is 144 g/mol. The van der Waals surface area contributed by atoms with Gasteiger partial charge in [0.2, 0.25) is 0 Å². The second-order valence-electron chi connectivity index (χ2n) is 1.37. The van der Waals surface area contributed by atoms with Gasteiger partial charge in [0.15, 0.2) is 6.19 Å². The Morgan fingerprint density at radius 1 is 1.89 bits per heavy atom. The standard InChI is InChI=1S/C5H8N2OS/c1-2-3-8-5(9)7-4-6/h2-3H2,1H3,(H,7,9). The molecule has 0 saturated carbocycles. The minimum atomic E-state index is 0.152. The van der Waals surface area contributed by atoms with Crippen molar-refractivity contribution in [3.8, 4) is 6.19 Å². The number of thiocarbonyl (C=S) groups is 1. The van der Waals surface area contributed by atoms with E-state index in [1.807, 2.05) is 6.92 Å².